The Morgan fingerprint density at radius 3 is 2.46 bits per heavy atom. The lowest BCUT2D eigenvalue weighted by atomic mass is 10.1. The Balaban J connectivity index is 1.94. The summed E-state index contributed by atoms with van der Waals surface area (Å²) in [6.45, 7) is 6.77. The van der Waals surface area contributed by atoms with Gasteiger partial charge in [-0.25, -0.2) is 4.39 Å². The van der Waals surface area contributed by atoms with Crippen molar-refractivity contribution >= 4 is 17.5 Å². The van der Waals surface area contributed by atoms with Crippen LogP contribution < -0.4 is 15.4 Å². The maximum absolute atomic E-state index is 12.9. The summed E-state index contributed by atoms with van der Waals surface area (Å²) in [6, 6.07) is 11.6. The predicted octanol–water partition coefficient (Wildman–Crippen LogP) is 4.06. The number of hydrogen-bond acceptors (Lipinski definition) is 3. The van der Waals surface area contributed by atoms with Gasteiger partial charge in [0.2, 0.25) is 0 Å². The fourth-order valence-electron chi connectivity index (χ4n) is 2.37. The topological polar surface area (TPSA) is 50.4 Å². The standard InChI is InChI=1S/C20H24ClFN2O2/c1-20(2,3)24-19(25)13-26-18-9-6-16(21)10-15(18)12-23-11-14-4-7-17(22)8-5-14/h4-10,23H,11-13H2,1-3H3,(H,24,25). The fraction of sp³-hybridized carbons (Fsp3) is 0.350. The maximum atomic E-state index is 12.9. The van der Waals surface area contributed by atoms with E-state index in [1.165, 1.54) is 12.1 Å². The van der Waals surface area contributed by atoms with Crippen molar-refractivity contribution in [2.75, 3.05) is 6.61 Å². The van der Waals surface area contributed by atoms with Crippen LogP contribution in [-0.2, 0) is 17.9 Å². The van der Waals surface area contributed by atoms with Crippen LogP contribution in [0.5, 0.6) is 5.75 Å². The summed E-state index contributed by atoms with van der Waals surface area (Å²) in [5, 5.41) is 6.72. The molecule has 0 radical (unpaired) electrons. The lowest BCUT2D eigenvalue weighted by Gasteiger charge is -2.21. The Kier molecular flexibility index (Phi) is 7.00. The van der Waals surface area contributed by atoms with Crippen molar-refractivity contribution in [2.45, 2.75) is 39.4 Å². The van der Waals surface area contributed by atoms with Gasteiger partial charge < -0.3 is 15.4 Å². The first kappa shape index (κ1) is 20.2. The molecule has 4 nitrogen and oxygen atoms in total. The Bertz CT molecular complexity index is 742. The molecule has 2 aromatic rings. The van der Waals surface area contributed by atoms with Gasteiger partial charge in [-0.3, -0.25) is 4.79 Å². The summed E-state index contributed by atoms with van der Waals surface area (Å²) in [5.74, 6) is 0.163. The van der Waals surface area contributed by atoms with Crippen molar-refractivity contribution in [1.29, 1.82) is 0 Å². The molecule has 0 aromatic heterocycles. The van der Waals surface area contributed by atoms with Gasteiger partial charge in [0.25, 0.3) is 5.91 Å². The van der Waals surface area contributed by atoms with Gasteiger partial charge in [0, 0.05) is 29.2 Å². The van der Waals surface area contributed by atoms with Gasteiger partial charge in [0.1, 0.15) is 11.6 Å². The summed E-state index contributed by atoms with van der Waals surface area (Å²) in [7, 11) is 0. The highest BCUT2D eigenvalue weighted by molar-refractivity contribution is 6.30. The molecule has 0 atom stereocenters. The number of rotatable bonds is 7. The summed E-state index contributed by atoms with van der Waals surface area (Å²) >= 11 is 6.08. The minimum atomic E-state index is -0.306. The molecule has 26 heavy (non-hydrogen) atoms. The molecule has 1 amide bonds. The molecule has 2 aromatic carbocycles. The van der Waals surface area contributed by atoms with Crippen LogP contribution in [0.4, 0.5) is 4.39 Å². The molecule has 0 saturated carbocycles. The number of carbonyl (C=O) groups is 1. The quantitative estimate of drug-likeness (QED) is 0.763. The third-order valence-electron chi connectivity index (χ3n) is 3.45. The molecule has 6 heteroatoms. The van der Waals surface area contributed by atoms with E-state index in [0.29, 0.717) is 23.9 Å². The molecule has 2 rings (SSSR count). The minimum Gasteiger partial charge on any atom is -0.483 e. The molecular formula is C20H24ClFN2O2. The average molecular weight is 379 g/mol. The van der Waals surface area contributed by atoms with Gasteiger partial charge in [0.15, 0.2) is 6.61 Å². The number of benzene rings is 2. The van der Waals surface area contributed by atoms with E-state index in [4.69, 9.17) is 16.3 Å². The Labute approximate surface area is 158 Å². The van der Waals surface area contributed by atoms with Crippen molar-refractivity contribution in [3.8, 4) is 5.75 Å². The second-order valence-electron chi connectivity index (χ2n) is 7.07. The summed E-state index contributed by atoms with van der Waals surface area (Å²) in [4.78, 5) is 11.9. The van der Waals surface area contributed by atoms with E-state index >= 15 is 0 Å². The third kappa shape index (κ3) is 7.02. The molecule has 0 aliphatic carbocycles. The number of nitrogens with one attached hydrogen (secondary N) is 2. The number of halogens is 2. The maximum Gasteiger partial charge on any atom is 0.258 e. The molecule has 0 aliphatic heterocycles. The molecule has 0 unspecified atom stereocenters. The fourth-order valence-corrected chi connectivity index (χ4v) is 2.56. The second kappa shape index (κ2) is 9.01. The first-order valence-electron chi connectivity index (χ1n) is 8.40. The van der Waals surface area contributed by atoms with Crippen molar-refractivity contribution < 1.29 is 13.9 Å². The lowest BCUT2D eigenvalue weighted by Crippen LogP contribution is -2.43. The smallest absolute Gasteiger partial charge is 0.258 e. The summed E-state index contributed by atoms with van der Waals surface area (Å²) in [6.07, 6.45) is 0. The van der Waals surface area contributed by atoms with Crippen LogP contribution in [-0.4, -0.2) is 18.1 Å². The summed E-state index contributed by atoms with van der Waals surface area (Å²) in [5.41, 5.74) is 1.52. The minimum absolute atomic E-state index is 0.0656. The Hall–Kier alpha value is -2.11. The van der Waals surface area contributed by atoms with Gasteiger partial charge in [0.05, 0.1) is 0 Å². The van der Waals surface area contributed by atoms with Crippen LogP contribution in [0.25, 0.3) is 0 Å². The van der Waals surface area contributed by atoms with Gasteiger partial charge in [-0.2, -0.15) is 0 Å². The number of carbonyl (C=O) groups excluding carboxylic acids is 1. The largest absolute Gasteiger partial charge is 0.483 e. The van der Waals surface area contributed by atoms with Crippen LogP contribution in [0.15, 0.2) is 42.5 Å². The van der Waals surface area contributed by atoms with Crippen LogP contribution in [0.3, 0.4) is 0 Å². The highest BCUT2D eigenvalue weighted by Crippen LogP contribution is 2.23. The molecule has 0 aliphatic rings. The molecular weight excluding hydrogens is 355 g/mol. The van der Waals surface area contributed by atoms with Crippen LogP contribution in [0, 0.1) is 5.82 Å². The van der Waals surface area contributed by atoms with E-state index in [-0.39, 0.29) is 23.9 Å². The number of amides is 1. The lowest BCUT2D eigenvalue weighted by molar-refractivity contribution is -0.124. The normalized spacial score (nSPS) is 11.3. The molecule has 0 spiro atoms. The number of hydrogen-bond donors (Lipinski definition) is 2. The van der Waals surface area contributed by atoms with E-state index in [1.807, 2.05) is 20.8 Å². The zero-order chi connectivity index (χ0) is 19.2. The predicted molar refractivity (Wildman–Crippen MR) is 102 cm³/mol. The van der Waals surface area contributed by atoms with Crippen molar-refractivity contribution in [3.63, 3.8) is 0 Å². The molecule has 0 saturated heterocycles. The van der Waals surface area contributed by atoms with Gasteiger partial charge >= 0.3 is 0 Å². The van der Waals surface area contributed by atoms with Crippen molar-refractivity contribution in [1.82, 2.24) is 10.6 Å². The monoisotopic (exact) mass is 378 g/mol. The van der Waals surface area contributed by atoms with Crippen molar-refractivity contribution in [3.05, 3.63) is 64.4 Å². The Morgan fingerprint density at radius 1 is 1.12 bits per heavy atom. The van der Waals surface area contributed by atoms with E-state index in [0.717, 1.165) is 11.1 Å². The van der Waals surface area contributed by atoms with E-state index in [1.54, 1.807) is 30.3 Å². The first-order chi connectivity index (χ1) is 12.2. The van der Waals surface area contributed by atoms with Crippen LogP contribution >= 0.6 is 11.6 Å². The average Bonchev–Trinajstić information content (AvgIpc) is 2.54. The molecule has 0 heterocycles. The second-order valence-corrected chi connectivity index (χ2v) is 7.51. The highest BCUT2D eigenvalue weighted by atomic mass is 35.5. The number of ether oxygens (including phenoxy) is 1. The molecule has 0 fully saturated rings. The van der Waals surface area contributed by atoms with Gasteiger partial charge in [-0.05, 0) is 56.7 Å². The van der Waals surface area contributed by atoms with Gasteiger partial charge in [-0.15, -0.1) is 0 Å². The van der Waals surface area contributed by atoms with E-state index < -0.39 is 0 Å². The highest BCUT2D eigenvalue weighted by Gasteiger charge is 2.14. The first-order valence-corrected chi connectivity index (χ1v) is 8.78. The molecule has 2 N–H and O–H groups in total. The van der Waals surface area contributed by atoms with E-state index in [2.05, 4.69) is 10.6 Å². The summed E-state index contributed by atoms with van der Waals surface area (Å²) < 4.78 is 18.6. The van der Waals surface area contributed by atoms with E-state index in [9.17, 15) is 9.18 Å². The molecule has 140 valence electrons. The Morgan fingerprint density at radius 2 is 1.81 bits per heavy atom. The van der Waals surface area contributed by atoms with Gasteiger partial charge in [-0.1, -0.05) is 23.7 Å². The van der Waals surface area contributed by atoms with Crippen molar-refractivity contribution in [2.24, 2.45) is 0 Å². The molecule has 0 bridgehead atoms. The van der Waals surface area contributed by atoms with Crippen LogP contribution in [0.1, 0.15) is 31.9 Å². The zero-order valence-electron chi connectivity index (χ0n) is 15.2. The van der Waals surface area contributed by atoms with Crippen LogP contribution in [0.2, 0.25) is 5.02 Å². The zero-order valence-corrected chi connectivity index (χ0v) is 16.0. The third-order valence-corrected chi connectivity index (χ3v) is 3.69. The SMILES string of the molecule is CC(C)(C)NC(=O)COc1ccc(Cl)cc1CNCc1ccc(F)cc1.